The number of aryl methyl sites for hydroxylation is 1. The van der Waals surface area contributed by atoms with Crippen molar-refractivity contribution in [3.63, 3.8) is 0 Å². The van der Waals surface area contributed by atoms with Crippen molar-refractivity contribution in [3.05, 3.63) is 101 Å². The minimum absolute atomic E-state index is 0.0293. The Hall–Kier alpha value is -3.11. The second kappa shape index (κ2) is 10.5. The molecule has 0 aliphatic carbocycles. The van der Waals surface area contributed by atoms with E-state index in [9.17, 15) is 4.79 Å². The summed E-state index contributed by atoms with van der Waals surface area (Å²) >= 11 is 0. The highest BCUT2D eigenvalue weighted by atomic mass is 16.5. The van der Waals surface area contributed by atoms with E-state index in [0.717, 1.165) is 36.5 Å². The smallest absolute Gasteiger partial charge is 0.251 e. The lowest BCUT2D eigenvalue weighted by Crippen LogP contribution is -2.32. The average molecular weight is 429 g/mol. The second-order valence-electron chi connectivity index (χ2n) is 8.69. The monoisotopic (exact) mass is 428 g/mol. The van der Waals surface area contributed by atoms with E-state index in [1.165, 1.54) is 24.0 Å². The zero-order valence-electron chi connectivity index (χ0n) is 19.0. The molecule has 1 aliphatic heterocycles. The van der Waals surface area contributed by atoms with E-state index in [0.29, 0.717) is 18.0 Å². The van der Waals surface area contributed by atoms with Crippen LogP contribution in [0.25, 0.3) is 0 Å². The Morgan fingerprint density at radius 2 is 1.53 bits per heavy atom. The molecule has 1 aliphatic rings. The van der Waals surface area contributed by atoms with Crippen LogP contribution in [-0.4, -0.2) is 31.0 Å². The third kappa shape index (κ3) is 5.77. The number of piperidine rings is 1. The Kier molecular flexibility index (Phi) is 7.23. The van der Waals surface area contributed by atoms with Crippen molar-refractivity contribution in [2.24, 2.45) is 0 Å². The number of nitrogens with zero attached hydrogens (tertiary/aromatic N) is 1. The van der Waals surface area contributed by atoms with E-state index in [4.69, 9.17) is 4.74 Å². The molecule has 166 valence electrons. The highest BCUT2D eigenvalue weighted by Crippen LogP contribution is 2.29. The first kappa shape index (κ1) is 22.1. The van der Waals surface area contributed by atoms with Gasteiger partial charge in [-0.05, 0) is 79.7 Å². The topological polar surface area (TPSA) is 41.6 Å². The van der Waals surface area contributed by atoms with E-state index < -0.39 is 0 Å². The summed E-state index contributed by atoms with van der Waals surface area (Å²) in [5.41, 5.74) is 5.73. The summed E-state index contributed by atoms with van der Waals surface area (Å²) in [4.78, 5) is 14.9. The number of amides is 1. The maximum atomic E-state index is 12.3. The molecule has 0 saturated carbocycles. The van der Waals surface area contributed by atoms with Gasteiger partial charge in [0.2, 0.25) is 0 Å². The highest BCUT2D eigenvalue weighted by molar-refractivity contribution is 5.94. The first-order chi connectivity index (χ1) is 15.6. The molecule has 0 atom stereocenters. The van der Waals surface area contributed by atoms with Crippen LogP contribution in [0.15, 0.2) is 72.8 Å². The van der Waals surface area contributed by atoms with Crippen molar-refractivity contribution >= 4 is 5.91 Å². The summed E-state index contributed by atoms with van der Waals surface area (Å²) in [6.07, 6.45) is 2.36. The number of benzene rings is 3. The van der Waals surface area contributed by atoms with Crippen LogP contribution in [-0.2, 0) is 13.1 Å². The van der Waals surface area contributed by atoms with Crippen LogP contribution in [0.4, 0.5) is 0 Å². The number of carbonyl (C=O) groups excluding carboxylic acids is 1. The van der Waals surface area contributed by atoms with Crippen LogP contribution < -0.4 is 10.1 Å². The second-order valence-corrected chi connectivity index (χ2v) is 8.69. The van der Waals surface area contributed by atoms with Crippen LogP contribution in [0.3, 0.4) is 0 Å². The molecule has 0 radical (unpaired) electrons. The Morgan fingerprint density at radius 1 is 0.906 bits per heavy atom. The maximum absolute atomic E-state index is 12.3. The maximum Gasteiger partial charge on any atom is 0.251 e. The van der Waals surface area contributed by atoms with Crippen molar-refractivity contribution < 1.29 is 9.53 Å². The number of ether oxygens (including phenoxy) is 1. The molecule has 4 nitrogen and oxygen atoms in total. The highest BCUT2D eigenvalue weighted by Gasteiger charge is 2.20. The summed E-state index contributed by atoms with van der Waals surface area (Å²) in [5, 5.41) is 3.02. The van der Waals surface area contributed by atoms with Gasteiger partial charge in [0.05, 0.1) is 7.11 Å². The minimum atomic E-state index is -0.0293. The Bertz CT molecular complexity index is 1000. The van der Waals surface area contributed by atoms with Gasteiger partial charge in [-0.15, -0.1) is 0 Å². The molecular weight excluding hydrogens is 396 g/mol. The number of methoxy groups -OCH3 is 1. The van der Waals surface area contributed by atoms with Crippen molar-refractivity contribution in [2.75, 3.05) is 20.2 Å². The number of hydrogen-bond acceptors (Lipinski definition) is 3. The molecule has 0 aromatic heterocycles. The van der Waals surface area contributed by atoms with E-state index in [1.807, 2.05) is 43.3 Å². The SMILES string of the molecule is COc1ccc(CN2CCC(c3ccc(CNC(=O)c4ccc(C)cc4)cc3)CC2)cc1. The van der Waals surface area contributed by atoms with E-state index in [1.54, 1.807) is 7.11 Å². The predicted molar refractivity (Wildman–Crippen MR) is 129 cm³/mol. The van der Waals surface area contributed by atoms with Crippen LogP contribution in [0.5, 0.6) is 5.75 Å². The lowest BCUT2D eigenvalue weighted by molar-refractivity contribution is 0.0951. The average Bonchev–Trinajstić information content (AvgIpc) is 2.84. The summed E-state index contributed by atoms with van der Waals surface area (Å²) < 4.78 is 5.25. The molecule has 1 amide bonds. The molecule has 1 saturated heterocycles. The van der Waals surface area contributed by atoms with E-state index in [-0.39, 0.29) is 5.91 Å². The number of rotatable bonds is 7. The van der Waals surface area contributed by atoms with Crippen molar-refractivity contribution in [3.8, 4) is 5.75 Å². The minimum Gasteiger partial charge on any atom is -0.497 e. The Labute approximate surface area is 191 Å². The Balaban J connectivity index is 1.24. The predicted octanol–water partition coefficient (Wildman–Crippen LogP) is 5.31. The van der Waals surface area contributed by atoms with Crippen LogP contribution in [0, 0.1) is 6.92 Å². The first-order valence-electron chi connectivity index (χ1n) is 11.4. The molecule has 4 rings (SSSR count). The van der Waals surface area contributed by atoms with E-state index in [2.05, 4.69) is 46.6 Å². The van der Waals surface area contributed by atoms with Crippen LogP contribution >= 0.6 is 0 Å². The molecular formula is C28H32N2O2. The number of hydrogen-bond donors (Lipinski definition) is 1. The van der Waals surface area contributed by atoms with E-state index >= 15 is 0 Å². The molecule has 32 heavy (non-hydrogen) atoms. The molecule has 3 aromatic rings. The largest absolute Gasteiger partial charge is 0.497 e. The lowest BCUT2D eigenvalue weighted by atomic mass is 9.89. The van der Waals surface area contributed by atoms with Gasteiger partial charge in [0.15, 0.2) is 0 Å². The fourth-order valence-corrected chi connectivity index (χ4v) is 4.31. The number of carbonyl (C=O) groups is 1. The third-order valence-corrected chi connectivity index (χ3v) is 6.37. The van der Waals surface area contributed by atoms with Gasteiger partial charge in [-0.2, -0.15) is 0 Å². The molecule has 4 heteroatoms. The number of nitrogens with one attached hydrogen (secondary N) is 1. The molecule has 0 unspecified atom stereocenters. The molecule has 0 bridgehead atoms. The van der Waals surface area contributed by atoms with Gasteiger partial charge >= 0.3 is 0 Å². The molecule has 1 N–H and O–H groups in total. The zero-order chi connectivity index (χ0) is 22.3. The van der Waals surface area contributed by atoms with Gasteiger partial charge in [0.1, 0.15) is 5.75 Å². The summed E-state index contributed by atoms with van der Waals surface area (Å²) in [6.45, 7) is 5.80. The molecule has 1 fully saturated rings. The molecule has 3 aromatic carbocycles. The molecule has 1 heterocycles. The quantitative estimate of drug-likeness (QED) is 0.554. The third-order valence-electron chi connectivity index (χ3n) is 6.37. The zero-order valence-corrected chi connectivity index (χ0v) is 19.0. The lowest BCUT2D eigenvalue weighted by Gasteiger charge is -2.32. The first-order valence-corrected chi connectivity index (χ1v) is 11.4. The van der Waals surface area contributed by atoms with Gasteiger partial charge in [-0.25, -0.2) is 0 Å². The molecule has 0 spiro atoms. The Morgan fingerprint density at radius 3 is 2.16 bits per heavy atom. The fourth-order valence-electron chi connectivity index (χ4n) is 4.31. The van der Waals surface area contributed by atoms with Crippen LogP contribution in [0.1, 0.15) is 51.4 Å². The van der Waals surface area contributed by atoms with Crippen molar-refractivity contribution in [2.45, 2.75) is 38.8 Å². The van der Waals surface area contributed by atoms with Gasteiger partial charge in [0.25, 0.3) is 5.91 Å². The number of likely N-dealkylation sites (tertiary alicyclic amines) is 1. The fraction of sp³-hybridized carbons (Fsp3) is 0.321. The van der Waals surface area contributed by atoms with Crippen molar-refractivity contribution in [1.29, 1.82) is 0 Å². The summed E-state index contributed by atoms with van der Waals surface area (Å²) in [5.74, 6) is 1.49. The normalized spacial score (nSPS) is 14.8. The van der Waals surface area contributed by atoms with Gasteiger partial charge in [-0.3, -0.25) is 9.69 Å². The summed E-state index contributed by atoms with van der Waals surface area (Å²) in [7, 11) is 1.70. The summed E-state index contributed by atoms with van der Waals surface area (Å²) in [6, 6.07) is 24.8. The van der Waals surface area contributed by atoms with Gasteiger partial charge < -0.3 is 10.1 Å². The van der Waals surface area contributed by atoms with Crippen molar-refractivity contribution in [1.82, 2.24) is 10.2 Å². The standard InChI is InChI=1S/C28H32N2O2/c1-21-3-9-26(10-4-21)28(31)29-19-22-5-11-24(12-6-22)25-15-17-30(18-16-25)20-23-7-13-27(32-2)14-8-23/h3-14,25H,15-20H2,1-2H3,(H,29,31). The van der Waals surface area contributed by atoms with Crippen LogP contribution in [0.2, 0.25) is 0 Å². The van der Waals surface area contributed by atoms with Gasteiger partial charge in [0, 0.05) is 18.7 Å². The van der Waals surface area contributed by atoms with Gasteiger partial charge in [-0.1, -0.05) is 54.1 Å².